The van der Waals surface area contributed by atoms with Gasteiger partial charge in [0.05, 0.1) is 31.2 Å². The highest BCUT2D eigenvalue weighted by Gasteiger charge is 2.68. The topological polar surface area (TPSA) is 61.8 Å². The molecular formula is C20H32O5. The SMILES string of the molecule is CCC1OC(CC)C2C3CC(C(C(=O)OC)C3C(=O)OC(C)(C)C)C12. The van der Waals surface area contributed by atoms with Crippen molar-refractivity contribution in [2.75, 3.05) is 7.11 Å². The second-order valence-corrected chi connectivity index (χ2v) is 8.86. The van der Waals surface area contributed by atoms with E-state index in [0.717, 1.165) is 19.3 Å². The van der Waals surface area contributed by atoms with E-state index in [-0.39, 0.29) is 41.9 Å². The molecule has 0 aromatic heterocycles. The molecule has 0 radical (unpaired) electrons. The number of ether oxygens (including phenoxy) is 3. The average Bonchev–Trinajstić information content (AvgIpc) is 3.20. The van der Waals surface area contributed by atoms with Gasteiger partial charge in [-0.3, -0.25) is 9.59 Å². The maximum atomic E-state index is 12.9. The van der Waals surface area contributed by atoms with Gasteiger partial charge in [0.25, 0.3) is 0 Å². The van der Waals surface area contributed by atoms with Crippen LogP contribution in [0.5, 0.6) is 0 Å². The molecule has 0 spiro atoms. The van der Waals surface area contributed by atoms with Crippen molar-refractivity contribution in [1.29, 1.82) is 0 Å². The van der Waals surface area contributed by atoms with Crippen LogP contribution >= 0.6 is 0 Å². The van der Waals surface area contributed by atoms with Crippen molar-refractivity contribution in [2.24, 2.45) is 35.5 Å². The Bertz CT molecular complexity index is 537. The fourth-order valence-electron chi connectivity index (χ4n) is 5.84. The van der Waals surface area contributed by atoms with Crippen LogP contribution in [0.15, 0.2) is 0 Å². The van der Waals surface area contributed by atoms with Crippen LogP contribution in [-0.4, -0.2) is 36.9 Å². The molecule has 2 saturated carbocycles. The Morgan fingerprint density at radius 3 is 1.84 bits per heavy atom. The van der Waals surface area contributed by atoms with Crippen LogP contribution < -0.4 is 0 Å². The van der Waals surface area contributed by atoms with E-state index in [1.165, 1.54) is 7.11 Å². The Kier molecular flexibility index (Phi) is 4.91. The van der Waals surface area contributed by atoms with Gasteiger partial charge in [-0.15, -0.1) is 0 Å². The second kappa shape index (κ2) is 6.57. The van der Waals surface area contributed by atoms with E-state index >= 15 is 0 Å². The Balaban J connectivity index is 1.93. The second-order valence-electron chi connectivity index (χ2n) is 8.86. The number of carbonyl (C=O) groups is 2. The molecule has 25 heavy (non-hydrogen) atoms. The van der Waals surface area contributed by atoms with Crippen LogP contribution in [0.4, 0.5) is 0 Å². The standard InChI is InChI=1S/C20H32O5/c1-7-12-14-10-9-11(15(14)13(8-2)24-12)17(16(10)18(21)23-6)19(22)25-20(3,4)5/h10-17H,7-9H2,1-6H3. The maximum Gasteiger partial charge on any atom is 0.310 e. The molecule has 8 atom stereocenters. The first kappa shape index (κ1) is 18.7. The zero-order valence-corrected chi connectivity index (χ0v) is 16.3. The highest BCUT2D eigenvalue weighted by atomic mass is 16.6. The van der Waals surface area contributed by atoms with Crippen LogP contribution in [0.3, 0.4) is 0 Å². The van der Waals surface area contributed by atoms with Crippen molar-refractivity contribution in [3.63, 3.8) is 0 Å². The Morgan fingerprint density at radius 1 is 0.960 bits per heavy atom. The summed E-state index contributed by atoms with van der Waals surface area (Å²) in [5.41, 5.74) is -0.554. The number of esters is 2. The third kappa shape index (κ3) is 2.98. The van der Waals surface area contributed by atoms with E-state index in [9.17, 15) is 9.59 Å². The minimum absolute atomic E-state index is 0.162. The van der Waals surface area contributed by atoms with E-state index in [1.54, 1.807) is 0 Å². The van der Waals surface area contributed by atoms with Gasteiger partial charge in [0.15, 0.2) is 0 Å². The van der Waals surface area contributed by atoms with E-state index in [2.05, 4.69) is 13.8 Å². The number of carbonyl (C=O) groups excluding carboxylic acids is 2. The van der Waals surface area contributed by atoms with E-state index in [0.29, 0.717) is 11.8 Å². The molecule has 0 aromatic carbocycles. The molecule has 142 valence electrons. The van der Waals surface area contributed by atoms with Gasteiger partial charge < -0.3 is 14.2 Å². The lowest BCUT2D eigenvalue weighted by Gasteiger charge is -2.38. The van der Waals surface area contributed by atoms with Gasteiger partial charge in [-0.05, 0) is 63.7 Å². The molecule has 2 bridgehead atoms. The van der Waals surface area contributed by atoms with E-state index in [4.69, 9.17) is 14.2 Å². The largest absolute Gasteiger partial charge is 0.469 e. The Labute approximate surface area is 150 Å². The first-order valence-corrected chi connectivity index (χ1v) is 9.69. The molecule has 5 nitrogen and oxygen atoms in total. The highest BCUT2D eigenvalue weighted by molar-refractivity contribution is 5.84. The van der Waals surface area contributed by atoms with Gasteiger partial charge in [0.1, 0.15) is 5.60 Å². The maximum absolute atomic E-state index is 12.9. The summed E-state index contributed by atoms with van der Waals surface area (Å²) in [6, 6.07) is 0. The van der Waals surface area contributed by atoms with E-state index in [1.807, 2.05) is 20.8 Å². The molecule has 0 N–H and O–H groups in total. The number of rotatable bonds is 4. The monoisotopic (exact) mass is 352 g/mol. The third-order valence-electron chi connectivity index (χ3n) is 6.45. The predicted molar refractivity (Wildman–Crippen MR) is 92.7 cm³/mol. The molecule has 1 saturated heterocycles. The molecule has 8 unspecified atom stereocenters. The van der Waals surface area contributed by atoms with Crippen molar-refractivity contribution in [3.05, 3.63) is 0 Å². The van der Waals surface area contributed by atoms with Crippen molar-refractivity contribution < 1.29 is 23.8 Å². The lowest BCUT2D eigenvalue weighted by atomic mass is 9.65. The zero-order valence-electron chi connectivity index (χ0n) is 16.3. The average molecular weight is 352 g/mol. The smallest absolute Gasteiger partial charge is 0.310 e. The summed E-state index contributed by atoms with van der Waals surface area (Å²) >= 11 is 0. The molecular weight excluding hydrogens is 320 g/mol. The minimum atomic E-state index is -0.554. The van der Waals surface area contributed by atoms with Gasteiger partial charge in [-0.2, -0.15) is 0 Å². The fraction of sp³-hybridized carbons (Fsp3) is 0.900. The summed E-state index contributed by atoms with van der Waals surface area (Å²) in [5, 5.41) is 0. The Morgan fingerprint density at radius 2 is 1.44 bits per heavy atom. The summed E-state index contributed by atoms with van der Waals surface area (Å²) < 4.78 is 17.1. The Hall–Kier alpha value is -1.10. The van der Waals surface area contributed by atoms with Gasteiger partial charge in [0, 0.05) is 0 Å². The van der Waals surface area contributed by atoms with Crippen LogP contribution in [0, 0.1) is 35.5 Å². The van der Waals surface area contributed by atoms with Crippen LogP contribution in [0.1, 0.15) is 53.9 Å². The van der Waals surface area contributed by atoms with E-state index < -0.39 is 11.5 Å². The van der Waals surface area contributed by atoms with Gasteiger partial charge in [-0.1, -0.05) is 13.8 Å². The number of hydrogen-bond donors (Lipinski definition) is 0. The molecule has 1 heterocycles. The van der Waals surface area contributed by atoms with Crippen LogP contribution in [-0.2, 0) is 23.8 Å². The zero-order chi connectivity index (χ0) is 18.5. The lowest BCUT2D eigenvalue weighted by molar-refractivity contribution is -0.172. The van der Waals surface area contributed by atoms with Gasteiger partial charge in [-0.25, -0.2) is 0 Å². The van der Waals surface area contributed by atoms with Crippen molar-refractivity contribution in [1.82, 2.24) is 0 Å². The summed E-state index contributed by atoms with van der Waals surface area (Å²) in [4.78, 5) is 25.5. The van der Waals surface area contributed by atoms with Crippen LogP contribution in [0.25, 0.3) is 0 Å². The molecule has 3 aliphatic rings. The molecule has 3 fully saturated rings. The summed E-state index contributed by atoms with van der Waals surface area (Å²) in [7, 11) is 1.41. The van der Waals surface area contributed by atoms with Gasteiger partial charge in [0.2, 0.25) is 0 Å². The molecule has 5 heteroatoms. The van der Waals surface area contributed by atoms with Crippen molar-refractivity contribution in [3.8, 4) is 0 Å². The van der Waals surface area contributed by atoms with Crippen molar-refractivity contribution in [2.45, 2.75) is 71.7 Å². The lowest BCUT2D eigenvalue weighted by Crippen LogP contribution is -2.46. The summed E-state index contributed by atoms with van der Waals surface area (Å²) in [6.45, 7) is 9.90. The summed E-state index contributed by atoms with van der Waals surface area (Å²) in [6.07, 6.45) is 3.19. The quantitative estimate of drug-likeness (QED) is 0.727. The molecule has 2 aliphatic carbocycles. The minimum Gasteiger partial charge on any atom is -0.469 e. The van der Waals surface area contributed by atoms with Gasteiger partial charge >= 0.3 is 11.9 Å². The summed E-state index contributed by atoms with van der Waals surface area (Å²) in [5.74, 6) is -0.246. The molecule has 0 amide bonds. The number of hydrogen-bond acceptors (Lipinski definition) is 5. The van der Waals surface area contributed by atoms with Crippen molar-refractivity contribution >= 4 is 11.9 Å². The molecule has 1 aliphatic heterocycles. The van der Waals surface area contributed by atoms with Crippen LogP contribution in [0.2, 0.25) is 0 Å². The first-order valence-electron chi connectivity index (χ1n) is 9.69. The molecule has 3 rings (SSSR count). The predicted octanol–water partition coefficient (Wildman–Crippen LogP) is 3.20. The number of fused-ring (bicyclic) bond motifs is 5. The molecule has 0 aromatic rings. The normalized spacial score (nSPS) is 42.3. The first-order chi connectivity index (χ1) is 11.7. The fourth-order valence-corrected chi connectivity index (χ4v) is 5.84. The number of methoxy groups -OCH3 is 1. The third-order valence-corrected chi connectivity index (χ3v) is 6.45. The highest BCUT2D eigenvalue weighted by Crippen LogP contribution is 2.64.